The van der Waals surface area contributed by atoms with Crippen LogP contribution in [0, 0.1) is 11.3 Å². The first-order valence-corrected chi connectivity index (χ1v) is 18.0. The molecule has 3 aromatic carbocycles. The van der Waals surface area contributed by atoms with Crippen LogP contribution in [-0.4, -0.2) is 86.2 Å². The quantitative estimate of drug-likeness (QED) is 0.0655. The number of nitrogens with zero attached hydrogens (tertiary/aromatic N) is 3. The zero-order chi connectivity index (χ0) is 45.1. The summed E-state index contributed by atoms with van der Waals surface area (Å²) in [6, 6.07) is 16.7. The summed E-state index contributed by atoms with van der Waals surface area (Å²) in [5.41, 5.74) is 0.213. The third-order valence-corrected chi connectivity index (χ3v) is 8.71. The normalized spacial score (nSPS) is 11.2. The number of carbonyl (C=O) groups excluding carboxylic acids is 5. The largest absolute Gasteiger partial charge is 0.508 e. The molecule has 5 rings (SSSR count). The van der Waals surface area contributed by atoms with E-state index in [1.54, 1.807) is 25.1 Å². The lowest BCUT2D eigenvalue weighted by molar-refractivity contribution is -0.118. The zero-order valence-electron chi connectivity index (χ0n) is 32.8. The van der Waals surface area contributed by atoms with E-state index in [1.807, 2.05) is 6.07 Å². The van der Waals surface area contributed by atoms with Gasteiger partial charge in [-0.3, -0.25) is 24.0 Å². The van der Waals surface area contributed by atoms with Gasteiger partial charge >= 0.3 is 5.97 Å². The first-order chi connectivity index (χ1) is 29.6. The predicted molar refractivity (Wildman–Crippen MR) is 221 cm³/mol. The smallest absolute Gasteiger partial charge is 0.339 e. The van der Waals surface area contributed by atoms with Crippen LogP contribution in [0.5, 0.6) is 28.7 Å². The van der Waals surface area contributed by atoms with Gasteiger partial charge in [0, 0.05) is 5.57 Å². The number of carbonyl (C=O) groups is 6. The number of anilines is 4. The summed E-state index contributed by atoms with van der Waals surface area (Å²) < 4.78 is 10.3. The molecule has 0 aliphatic rings. The van der Waals surface area contributed by atoms with Crippen LogP contribution >= 0.6 is 0 Å². The number of phenols is 3. The summed E-state index contributed by atoms with van der Waals surface area (Å²) in [7, 11) is 2.32. The Bertz CT molecular complexity index is 2630. The monoisotopic (exact) mass is 844 g/mol. The maximum Gasteiger partial charge on any atom is 0.339 e. The number of ether oxygens (including phenoxy) is 2. The van der Waals surface area contributed by atoms with Crippen LogP contribution in [0.3, 0.4) is 0 Å². The van der Waals surface area contributed by atoms with Crippen LogP contribution < -0.4 is 36.1 Å². The maximum absolute atomic E-state index is 13.1. The Kier molecular flexibility index (Phi) is 14.0. The molecule has 5 amide bonds. The fourth-order valence-electron chi connectivity index (χ4n) is 5.57. The Morgan fingerprint density at radius 1 is 0.694 bits per heavy atom. The summed E-state index contributed by atoms with van der Waals surface area (Å²) in [4.78, 5) is 84.4. The minimum Gasteiger partial charge on any atom is -0.508 e. The van der Waals surface area contributed by atoms with Gasteiger partial charge in [0.25, 0.3) is 23.6 Å². The van der Waals surface area contributed by atoms with Crippen molar-refractivity contribution >= 4 is 64.3 Å². The molecule has 0 radical (unpaired) electrons. The van der Waals surface area contributed by atoms with Crippen molar-refractivity contribution in [3.63, 3.8) is 0 Å². The molecule has 1 unspecified atom stereocenters. The molecule has 20 heteroatoms. The molecule has 0 spiro atoms. The number of carboxylic acids is 1. The highest BCUT2D eigenvalue weighted by Gasteiger charge is 2.25. The first kappa shape index (κ1) is 44.1. The van der Waals surface area contributed by atoms with Crippen molar-refractivity contribution in [2.24, 2.45) is 0 Å². The van der Waals surface area contributed by atoms with Crippen molar-refractivity contribution in [1.29, 1.82) is 5.26 Å². The lowest BCUT2D eigenvalue weighted by atomic mass is 10.1. The molecule has 2 aromatic heterocycles. The number of hydrogen-bond acceptors (Lipinski definition) is 14. The van der Waals surface area contributed by atoms with Gasteiger partial charge in [-0.2, -0.15) is 5.26 Å². The van der Waals surface area contributed by atoms with E-state index >= 15 is 0 Å². The number of benzene rings is 3. The molecule has 20 nitrogen and oxygen atoms in total. The second kappa shape index (κ2) is 19.6. The highest BCUT2D eigenvalue weighted by atomic mass is 16.5. The second-order valence-corrected chi connectivity index (χ2v) is 12.9. The zero-order valence-corrected chi connectivity index (χ0v) is 32.8. The average Bonchev–Trinajstić information content (AvgIpc) is 3.24. The fourth-order valence-corrected chi connectivity index (χ4v) is 5.57. The van der Waals surface area contributed by atoms with Gasteiger partial charge in [0.2, 0.25) is 5.91 Å². The molecule has 5 aromatic rings. The van der Waals surface area contributed by atoms with Crippen molar-refractivity contribution < 1.29 is 58.7 Å². The number of nitriles is 1. The van der Waals surface area contributed by atoms with E-state index in [-0.39, 0.29) is 56.9 Å². The first-order valence-electron chi connectivity index (χ1n) is 18.0. The Morgan fingerprint density at radius 2 is 1.23 bits per heavy atom. The van der Waals surface area contributed by atoms with E-state index in [0.29, 0.717) is 11.1 Å². The summed E-state index contributed by atoms with van der Waals surface area (Å²) in [5, 5.41) is 61.7. The van der Waals surface area contributed by atoms with Gasteiger partial charge in [0.05, 0.1) is 67.4 Å². The van der Waals surface area contributed by atoms with Gasteiger partial charge in [-0.15, -0.1) is 0 Å². The highest BCUT2D eigenvalue weighted by Crippen LogP contribution is 2.40. The number of pyridine rings is 2. The summed E-state index contributed by atoms with van der Waals surface area (Å²) in [6.45, 7) is 1.60. The minimum absolute atomic E-state index is 0.0649. The van der Waals surface area contributed by atoms with E-state index in [2.05, 4.69) is 36.6 Å². The lowest BCUT2D eigenvalue weighted by Gasteiger charge is -2.16. The molecule has 0 saturated carbocycles. The van der Waals surface area contributed by atoms with E-state index in [9.17, 15) is 54.5 Å². The number of rotatable bonds is 15. The standard InChI is InChI=1S/C42H36N8O12/c1-21(18-22-4-8-25(51)9-5-22)37(54)46-23-6-12-31(44-19-23)40(57)50-32(16-17-43)41(58)47-24-7-13-30(45-20-24)39(56)49-29-14-10-26(33(52)35(29)61-2)38(55)48-28-15-11-27(42(59)60)34(53)36(28)62-3/h4-15,18-20,32,51-53H,16H2,1-3H3,(H,46,54)(H,47,58)(H,48,55)(H,49,56)(H,50,57)(H,59,60). The van der Waals surface area contributed by atoms with Crippen molar-refractivity contribution in [2.75, 3.05) is 35.5 Å². The van der Waals surface area contributed by atoms with E-state index in [1.165, 1.54) is 61.8 Å². The fraction of sp³-hybridized carbons (Fsp3) is 0.119. The molecule has 0 fully saturated rings. The number of hydrogen-bond donors (Lipinski definition) is 9. The third-order valence-electron chi connectivity index (χ3n) is 8.71. The molecule has 9 N–H and O–H groups in total. The average molecular weight is 845 g/mol. The van der Waals surface area contributed by atoms with Crippen LogP contribution in [0.25, 0.3) is 6.08 Å². The van der Waals surface area contributed by atoms with Gasteiger partial charge in [-0.1, -0.05) is 12.1 Å². The number of carboxylic acid groups (broad SMARTS) is 1. The molecule has 0 aliphatic heterocycles. The number of amides is 5. The summed E-state index contributed by atoms with van der Waals surface area (Å²) >= 11 is 0. The molecular formula is C42H36N8O12. The van der Waals surface area contributed by atoms with Gasteiger partial charge in [0.15, 0.2) is 23.0 Å². The molecule has 0 bridgehead atoms. The number of aromatic hydroxyl groups is 3. The number of nitrogens with one attached hydrogen (secondary N) is 5. The molecule has 0 aliphatic carbocycles. The topological polar surface area (TPSA) is 312 Å². The summed E-state index contributed by atoms with van der Waals surface area (Å²) in [5.74, 6) is -7.09. The van der Waals surface area contributed by atoms with E-state index in [4.69, 9.17) is 9.47 Å². The van der Waals surface area contributed by atoms with Gasteiger partial charge in [-0.05, 0) is 79.2 Å². The van der Waals surface area contributed by atoms with E-state index < -0.39 is 65.0 Å². The van der Waals surface area contributed by atoms with Crippen LogP contribution in [0.2, 0.25) is 0 Å². The van der Waals surface area contributed by atoms with E-state index in [0.717, 1.165) is 25.4 Å². The van der Waals surface area contributed by atoms with Crippen molar-refractivity contribution in [3.05, 3.63) is 119 Å². The Balaban J connectivity index is 1.18. The van der Waals surface area contributed by atoms with Crippen LogP contribution in [0.1, 0.15) is 60.6 Å². The van der Waals surface area contributed by atoms with Crippen molar-refractivity contribution in [1.82, 2.24) is 15.3 Å². The summed E-state index contributed by atoms with van der Waals surface area (Å²) in [6.07, 6.45) is 3.59. The molecule has 62 heavy (non-hydrogen) atoms. The highest BCUT2D eigenvalue weighted by molar-refractivity contribution is 6.10. The second-order valence-electron chi connectivity index (χ2n) is 12.9. The number of aromatic carboxylic acids is 1. The predicted octanol–water partition coefficient (Wildman–Crippen LogP) is 4.51. The van der Waals surface area contributed by atoms with Crippen LogP contribution in [0.15, 0.2) is 90.8 Å². The lowest BCUT2D eigenvalue weighted by Crippen LogP contribution is -2.43. The molecule has 0 saturated heterocycles. The van der Waals surface area contributed by atoms with Crippen LogP contribution in [0.4, 0.5) is 22.7 Å². The van der Waals surface area contributed by atoms with Gasteiger partial charge in [-0.25, -0.2) is 14.8 Å². The molecular weight excluding hydrogens is 809 g/mol. The van der Waals surface area contributed by atoms with Gasteiger partial charge < -0.3 is 56.5 Å². The molecule has 316 valence electrons. The Labute approximate surface area is 351 Å². The van der Waals surface area contributed by atoms with Crippen LogP contribution in [-0.2, 0) is 9.59 Å². The number of methoxy groups -OCH3 is 2. The van der Waals surface area contributed by atoms with Crippen molar-refractivity contribution in [3.8, 4) is 34.8 Å². The number of aromatic nitrogens is 2. The third kappa shape index (κ3) is 10.5. The SMILES string of the molecule is COc1c(NC(=O)c2ccc(NC(=O)c3ccc(NC(=O)C(CC#N)NC(=O)c4ccc(NC(=O)C(C)=Cc5ccc(O)cc5)cn4)cn3)c(OC)c2O)ccc(C(=O)O)c1O. The minimum atomic E-state index is -1.43. The van der Waals surface area contributed by atoms with Crippen molar-refractivity contribution in [2.45, 2.75) is 19.4 Å². The number of phenolic OH excluding ortho intramolecular Hbond substituents is 2. The Hall–Kier alpha value is -8.99. The van der Waals surface area contributed by atoms with Gasteiger partial charge in [0.1, 0.15) is 28.7 Å². The maximum atomic E-state index is 13.1. The molecule has 1 atom stereocenters. The molecule has 2 heterocycles. The Morgan fingerprint density at radius 3 is 1.76 bits per heavy atom.